The number of carboxylic acids is 2. The number of amides is 11. The van der Waals surface area contributed by atoms with Gasteiger partial charge in [-0.3, -0.25) is 57.5 Å². The van der Waals surface area contributed by atoms with Crippen molar-refractivity contribution in [2.24, 2.45) is 35.1 Å². The molecule has 0 bridgehead atoms. The summed E-state index contributed by atoms with van der Waals surface area (Å²) >= 11 is 0.842. The number of primary amides is 1. The van der Waals surface area contributed by atoms with Crippen LogP contribution in [0.25, 0.3) is 0 Å². The largest absolute Gasteiger partial charge is 0.481 e. The monoisotopic (exact) mass is 1480 g/mol. The number of thioether (sulfide) groups is 1. The van der Waals surface area contributed by atoms with Crippen LogP contribution in [0.15, 0.2) is 30.3 Å². The number of likely N-dealkylation sites (N-methyl/N-ethyl adjacent to an activating group) is 2. The molecule has 1 aliphatic rings. The fraction of sp³-hybridized carbons (Fsp3) is 0.725. The summed E-state index contributed by atoms with van der Waals surface area (Å²) in [5.74, 6) is -10.2. The Hall–Kier alpha value is -7.60. The number of methoxy groups -OCH3 is 2. The van der Waals surface area contributed by atoms with Crippen molar-refractivity contribution < 1.29 is 101 Å². The molecule has 0 spiro atoms. The molecule has 584 valence electrons. The molecule has 2 rings (SSSR count). The lowest BCUT2D eigenvalue weighted by atomic mass is 9.89. The Labute approximate surface area is 609 Å². The zero-order valence-corrected chi connectivity index (χ0v) is 62.6. The Kier molecular flexibility index (Phi) is 45.1. The van der Waals surface area contributed by atoms with Crippen LogP contribution in [0.5, 0.6) is 0 Å². The number of carbonyl (C=O) groups is 13. The van der Waals surface area contributed by atoms with Gasteiger partial charge in [0.2, 0.25) is 65.0 Å². The van der Waals surface area contributed by atoms with Gasteiger partial charge in [-0.25, -0.2) is 4.79 Å². The number of nitrogens with two attached hydrogens (primary N) is 2. The molecule has 1 saturated heterocycles. The van der Waals surface area contributed by atoms with E-state index in [1.54, 1.807) is 70.8 Å². The van der Waals surface area contributed by atoms with Crippen molar-refractivity contribution in [3.05, 3.63) is 35.9 Å². The Morgan fingerprint density at radius 2 is 1.24 bits per heavy atom. The molecule has 1 aromatic carbocycles. The van der Waals surface area contributed by atoms with Gasteiger partial charge >= 0.3 is 11.9 Å². The highest BCUT2D eigenvalue weighted by atomic mass is 32.2. The Morgan fingerprint density at radius 1 is 0.641 bits per heavy atom. The van der Waals surface area contributed by atoms with Gasteiger partial charge in [0.1, 0.15) is 24.2 Å². The molecular weight excluding hydrogens is 1360 g/mol. The van der Waals surface area contributed by atoms with Crippen LogP contribution in [-0.4, -0.2) is 282 Å². The summed E-state index contributed by atoms with van der Waals surface area (Å²) < 4.78 is 33.7. The zero-order chi connectivity index (χ0) is 77.1. The maximum Gasteiger partial charge on any atom is 0.326 e. The Bertz CT molecular complexity index is 2830. The van der Waals surface area contributed by atoms with Crippen molar-refractivity contribution in [3.63, 3.8) is 0 Å². The Balaban J connectivity index is 1.86. The zero-order valence-electron chi connectivity index (χ0n) is 61.8. The highest BCUT2D eigenvalue weighted by Crippen LogP contribution is 2.30. The van der Waals surface area contributed by atoms with E-state index in [2.05, 4.69) is 37.2 Å². The summed E-state index contributed by atoms with van der Waals surface area (Å²) in [4.78, 5) is 172. The number of aliphatic carboxylic acids is 2. The van der Waals surface area contributed by atoms with Gasteiger partial charge in [0.25, 0.3) is 0 Å². The van der Waals surface area contributed by atoms with E-state index in [9.17, 15) is 72.5 Å². The van der Waals surface area contributed by atoms with Gasteiger partial charge in [-0.2, -0.15) is 0 Å². The molecule has 1 aliphatic heterocycles. The van der Waals surface area contributed by atoms with Crippen LogP contribution in [0.4, 0.5) is 0 Å². The number of rotatable bonds is 55. The van der Waals surface area contributed by atoms with E-state index in [-0.39, 0.29) is 141 Å². The van der Waals surface area contributed by atoms with E-state index in [0.29, 0.717) is 45.1 Å². The van der Waals surface area contributed by atoms with Crippen LogP contribution in [0, 0.1) is 23.7 Å². The van der Waals surface area contributed by atoms with Crippen molar-refractivity contribution in [1.29, 1.82) is 0 Å². The number of carboxylic acid groups (broad SMARTS) is 2. The predicted octanol–water partition coefficient (Wildman–Crippen LogP) is -0.670. The normalized spacial score (nSPS) is 15.7. The van der Waals surface area contributed by atoms with Crippen LogP contribution in [0.2, 0.25) is 0 Å². The van der Waals surface area contributed by atoms with Crippen LogP contribution >= 0.6 is 11.8 Å². The van der Waals surface area contributed by atoms with Crippen molar-refractivity contribution in [1.82, 2.24) is 51.9 Å². The molecule has 33 nitrogen and oxygen atoms in total. The summed E-state index contributed by atoms with van der Waals surface area (Å²) in [7, 11) is 6.07. The second-order valence-corrected chi connectivity index (χ2v) is 27.2. The molecular formula is C69H116N12O21S. The van der Waals surface area contributed by atoms with Crippen molar-refractivity contribution in [2.75, 3.05) is 126 Å². The number of carbonyl (C=O) groups excluding carboxylic acids is 11. The van der Waals surface area contributed by atoms with Crippen LogP contribution < -0.4 is 48.7 Å². The van der Waals surface area contributed by atoms with E-state index in [1.807, 2.05) is 19.9 Å². The molecule has 11 amide bonds. The van der Waals surface area contributed by atoms with Gasteiger partial charge in [0, 0.05) is 73.0 Å². The first-order valence-corrected chi connectivity index (χ1v) is 36.2. The molecule has 2 unspecified atom stereocenters. The van der Waals surface area contributed by atoms with E-state index in [1.165, 1.54) is 31.1 Å². The smallest absolute Gasteiger partial charge is 0.326 e. The second kappa shape index (κ2) is 50.7. The van der Waals surface area contributed by atoms with E-state index < -0.39 is 137 Å². The quantitative estimate of drug-likeness (QED) is 0.0360. The van der Waals surface area contributed by atoms with Crippen molar-refractivity contribution in [3.8, 4) is 0 Å². The molecule has 0 saturated carbocycles. The third kappa shape index (κ3) is 34.7. The molecule has 103 heavy (non-hydrogen) atoms. The van der Waals surface area contributed by atoms with Gasteiger partial charge in [-0.05, 0) is 49.0 Å². The molecule has 13 N–H and O–H groups in total. The van der Waals surface area contributed by atoms with Gasteiger partial charge < -0.3 is 102 Å². The molecule has 34 heteroatoms. The number of nitrogens with zero attached hydrogens (tertiary/aromatic N) is 3. The summed E-state index contributed by atoms with van der Waals surface area (Å²) in [5, 5.41) is 36.5. The van der Waals surface area contributed by atoms with Crippen LogP contribution in [-0.2, 0) is 97.2 Å². The maximum absolute atomic E-state index is 14.8. The molecule has 1 heterocycles. The van der Waals surface area contributed by atoms with E-state index in [0.717, 1.165) is 17.3 Å². The first kappa shape index (κ1) is 91.5. The van der Waals surface area contributed by atoms with Gasteiger partial charge in [0.05, 0.1) is 121 Å². The van der Waals surface area contributed by atoms with E-state index >= 15 is 0 Å². The van der Waals surface area contributed by atoms with Crippen molar-refractivity contribution >= 4 is 88.7 Å². The van der Waals surface area contributed by atoms with Gasteiger partial charge in [-0.1, -0.05) is 91.6 Å². The number of hydrogen-bond donors (Lipinski definition) is 11. The average Bonchev–Trinajstić information content (AvgIpc) is 1.80. The minimum Gasteiger partial charge on any atom is -0.481 e. The molecule has 0 aromatic heterocycles. The number of hydrogen-bond acceptors (Lipinski definition) is 21. The van der Waals surface area contributed by atoms with Crippen molar-refractivity contribution in [2.45, 2.75) is 173 Å². The third-order valence-corrected chi connectivity index (χ3v) is 18.8. The Morgan fingerprint density at radius 3 is 1.80 bits per heavy atom. The summed E-state index contributed by atoms with van der Waals surface area (Å²) in [6, 6.07) is 3.32. The van der Waals surface area contributed by atoms with Gasteiger partial charge in [-0.15, -0.1) is 11.8 Å². The van der Waals surface area contributed by atoms with Gasteiger partial charge in [0.15, 0.2) is 0 Å². The number of unbranched alkanes of at least 4 members (excludes halogenated alkanes) is 2. The average molecular weight is 1480 g/mol. The SMILES string of the molecule is CC[C@H](C)[C@@H]([C@@H](CC(=O)N1CCC[C@H]1[C@H](OC)[C@@H](C)C(=O)N[C@@H](Cc1ccccc1)C(=O)O)OC)N(C)C(=O)[C@@H](NC(=O)[C@H](C(C)C)N(C)C(=O)CCCCCNC(=O)C(CC(=O)O)SCC(NC(=O)CCOCCOCCOCCOCCNC(=O)CNC(=O)CNC(=O)CN)C(N)=O)C(C)C. The van der Waals surface area contributed by atoms with Crippen LogP contribution in [0.1, 0.15) is 118 Å². The second-order valence-electron chi connectivity index (χ2n) is 26.0. The summed E-state index contributed by atoms with van der Waals surface area (Å²) in [6.45, 7) is 14.2. The standard InChI is InChI=1S/C69H116N12O21S/c1-12-45(6)62(51(97-10)37-58(87)81-27-19-22-50(81)63(98-11)46(7)65(91)77-48(69(95)96)36-47-20-15-13-16-21-47)80(9)68(94)60(43(2)3)78-67(93)61(44(4)5)79(8)57(86)23-17-14-18-25-73-66(92)52(38-59(88)89)103-42-49(64(71)90)76-53(82)24-28-99-30-32-101-34-35-102-33-31-100-29-26-72-55(84)40-75-56(85)41-74-54(83)39-70/h13,15-16,20-21,43-46,48-52,60-63H,12,14,17-19,22-42,70H2,1-11H3,(H2,71,90)(H,72,84)(H,73,92)(H,74,83)(H,75,85)(H,76,82)(H,77,91)(H,78,93)(H,88,89)(H,95,96)/t45-,46+,48-,49?,50-,51+,52?,60-,61-,62-,63+/m0/s1. The minimum atomic E-state index is -1.27. The van der Waals surface area contributed by atoms with E-state index in [4.69, 9.17) is 39.9 Å². The highest BCUT2D eigenvalue weighted by Gasteiger charge is 2.44. The summed E-state index contributed by atoms with van der Waals surface area (Å²) in [5.41, 5.74) is 11.4. The minimum absolute atomic E-state index is 0.0201. The molecule has 1 aromatic rings. The lowest BCUT2D eigenvalue weighted by Crippen LogP contribution is -2.60. The van der Waals surface area contributed by atoms with Crippen LogP contribution in [0.3, 0.4) is 0 Å². The lowest BCUT2D eigenvalue weighted by molar-refractivity contribution is -0.149. The number of benzene rings is 1. The number of ether oxygens (including phenoxy) is 6. The topological polar surface area (TPSA) is 464 Å². The molecule has 0 aliphatic carbocycles. The third-order valence-electron chi connectivity index (χ3n) is 17.5. The molecule has 0 radical (unpaired) electrons. The fourth-order valence-corrected chi connectivity index (χ4v) is 12.8. The molecule has 11 atom stereocenters. The highest BCUT2D eigenvalue weighted by molar-refractivity contribution is 8.00. The molecule has 1 fully saturated rings. The number of likely N-dealkylation sites (tertiary alicyclic amines) is 1. The predicted molar refractivity (Wildman–Crippen MR) is 381 cm³/mol. The summed E-state index contributed by atoms with van der Waals surface area (Å²) in [6.07, 6.45) is 0.669. The first-order chi connectivity index (χ1) is 48.9. The maximum atomic E-state index is 14.8. The fourth-order valence-electron chi connectivity index (χ4n) is 11.6. The number of nitrogens with one attached hydrogen (secondary N) is 7. The first-order valence-electron chi connectivity index (χ1n) is 35.2. The lowest BCUT2D eigenvalue weighted by Gasteiger charge is -2.41.